The van der Waals surface area contributed by atoms with Crippen LogP contribution in [0.4, 0.5) is 5.69 Å². The number of nitrogens with one attached hydrogen (secondary N) is 1. The number of cyclic esters (lactones) is 1. The normalized spacial score (nSPS) is 15.2. The number of nitrogens with zero attached hydrogens (tertiary/aromatic N) is 1. The summed E-state index contributed by atoms with van der Waals surface area (Å²) < 4.78 is 37.8. The van der Waals surface area contributed by atoms with Gasteiger partial charge in [0.05, 0.1) is 11.8 Å². The number of anilines is 1. The van der Waals surface area contributed by atoms with Crippen molar-refractivity contribution in [3.63, 3.8) is 0 Å². The van der Waals surface area contributed by atoms with E-state index in [4.69, 9.17) is 9.47 Å². The van der Waals surface area contributed by atoms with Crippen molar-refractivity contribution in [1.29, 1.82) is 0 Å². The van der Waals surface area contributed by atoms with E-state index >= 15 is 0 Å². The lowest BCUT2D eigenvalue weighted by atomic mass is 9.82. The molecule has 0 saturated carbocycles. The van der Waals surface area contributed by atoms with Gasteiger partial charge in [0.15, 0.2) is 0 Å². The summed E-state index contributed by atoms with van der Waals surface area (Å²) >= 11 is 0. The zero-order chi connectivity index (χ0) is 28.5. The molecule has 0 spiro atoms. The molecule has 0 bridgehead atoms. The van der Waals surface area contributed by atoms with E-state index in [2.05, 4.69) is 42.6 Å². The lowest BCUT2D eigenvalue weighted by Gasteiger charge is -2.28. The summed E-state index contributed by atoms with van der Waals surface area (Å²) in [5, 5.41) is 0. The summed E-state index contributed by atoms with van der Waals surface area (Å²) in [5.41, 5.74) is 6.11. The van der Waals surface area contributed by atoms with Crippen LogP contribution >= 0.6 is 0 Å². The first kappa shape index (κ1) is 27.4. The van der Waals surface area contributed by atoms with E-state index in [1.54, 1.807) is 18.3 Å². The number of pyridine rings is 1. The summed E-state index contributed by atoms with van der Waals surface area (Å²) in [6, 6.07) is 25.0. The topological polar surface area (TPSA) is 94.6 Å². The third kappa shape index (κ3) is 6.34. The molecule has 3 aromatic carbocycles. The van der Waals surface area contributed by atoms with Crippen LogP contribution in [0.2, 0.25) is 0 Å². The third-order valence-corrected chi connectivity index (χ3v) is 7.39. The van der Waals surface area contributed by atoms with E-state index < -0.39 is 22.1 Å². The van der Waals surface area contributed by atoms with Crippen LogP contribution in [-0.2, 0) is 33.2 Å². The molecule has 1 unspecified atom stereocenters. The molecule has 1 N–H and O–H groups in total. The Labute approximate surface area is 235 Å². The van der Waals surface area contributed by atoms with Crippen molar-refractivity contribution in [2.24, 2.45) is 0 Å². The lowest BCUT2D eigenvalue weighted by molar-refractivity contribution is 0.0252. The molecule has 1 atom stereocenters. The monoisotopic (exact) mass is 556 g/mol. The number of carbonyl (C=O) groups is 1. The maximum Gasteiger partial charge on any atom is 0.339 e. The molecule has 0 aliphatic carbocycles. The highest BCUT2D eigenvalue weighted by molar-refractivity contribution is 7.92. The van der Waals surface area contributed by atoms with Crippen LogP contribution in [0.3, 0.4) is 0 Å². The Bertz CT molecular complexity index is 1660. The number of carbonyl (C=O) groups excluding carboxylic acids is 1. The molecule has 0 fully saturated rings. The molecule has 1 aliphatic rings. The van der Waals surface area contributed by atoms with Gasteiger partial charge in [-0.15, -0.1) is 0 Å². The Kier molecular flexibility index (Phi) is 7.38. The van der Waals surface area contributed by atoms with Gasteiger partial charge < -0.3 is 9.47 Å². The Morgan fingerprint density at radius 2 is 1.75 bits per heavy atom. The lowest BCUT2D eigenvalue weighted by Crippen LogP contribution is -2.23. The van der Waals surface area contributed by atoms with Crippen molar-refractivity contribution in [1.82, 2.24) is 4.98 Å². The van der Waals surface area contributed by atoms with Crippen LogP contribution in [0.25, 0.3) is 11.1 Å². The zero-order valence-electron chi connectivity index (χ0n) is 23.0. The average Bonchev–Trinajstić information content (AvgIpc) is 2.91. The molecule has 8 heteroatoms. The number of hydrogen-bond donors (Lipinski definition) is 1. The predicted octanol–water partition coefficient (Wildman–Crippen LogP) is 6.45. The molecule has 7 nitrogen and oxygen atoms in total. The van der Waals surface area contributed by atoms with Crippen LogP contribution in [0.5, 0.6) is 5.88 Å². The number of hydrogen-bond acceptors (Lipinski definition) is 6. The van der Waals surface area contributed by atoms with Crippen LogP contribution in [0.15, 0.2) is 85.1 Å². The van der Waals surface area contributed by atoms with Gasteiger partial charge in [-0.1, -0.05) is 69.3 Å². The summed E-state index contributed by atoms with van der Waals surface area (Å²) in [6.07, 6.45) is 2.75. The zero-order valence-corrected chi connectivity index (χ0v) is 23.8. The SMILES string of the molecule is CC(C)(C)c1cc(-c2cccnc2OCc2ccccc2)cc(C2Cc3ccc(NS(C)(=O)=O)cc3C(=O)O2)c1. The van der Waals surface area contributed by atoms with Gasteiger partial charge in [-0.2, -0.15) is 0 Å². The first-order chi connectivity index (χ1) is 19.0. The van der Waals surface area contributed by atoms with Crippen LogP contribution < -0.4 is 9.46 Å². The molecule has 2 heterocycles. The highest BCUT2D eigenvalue weighted by atomic mass is 32.2. The Morgan fingerprint density at radius 1 is 0.975 bits per heavy atom. The molecule has 40 heavy (non-hydrogen) atoms. The Balaban J connectivity index is 1.50. The van der Waals surface area contributed by atoms with Gasteiger partial charge in [-0.3, -0.25) is 4.72 Å². The fraction of sp³-hybridized carbons (Fsp3) is 0.250. The van der Waals surface area contributed by atoms with Gasteiger partial charge in [0.25, 0.3) is 0 Å². The second-order valence-corrected chi connectivity index (χ2v) is 12.8. The molecule has 0 amide bonds. The van der Waals surface area contributed by atoms with Crippen molar-refractivity contribution in [2.45, 2.75) is 45.3 Å². The Morgan fingerprint density at radius 3 is 2.48 bits per heavy atom. The van der Waals surface area contributed by atoms with Crippen molar-refractivity contribution in [3.8, 4) is 17.0 Å². The number of fused-ring (bicyclic) bond motifs is 1. The molecule has 5 rings (SSSR count). The van der Waals surface area contributed by atoms with E-state index in [0.717, 1.165) is 39.6 Å². The van der Waals surface area contributed by atoms with Crippen molar-refractivity contribution < 1.29 is 22.7 Å². The second kappa shape index (κ2) is 10.8. The number of ether oxygens (including phenoxy) is 2. The van der Waals surface area contributed by atoms with Crippen LogP contribution in [-0.4, -0.2) is 25.6 Å². The van der Waals surface area contributed by atoms with Gasteiger partial charge in [0, 0.05) is 23.9 Å². The van der Waals surface area contributed by atoms with Crippen LogP contribution in [0.1, 0.15) is 59.5 Å². The first-order valence-electron chi connectivity index (χ1n) is 13.1. The van der Waals surface area contributed by atoms with E-state index in [1.165, 1.54) is 6.07 Å². The van der Waals surface area contributed by atoms with E-state index in [-0.39, 0.29) is 5.41 Å². The van der Waals surface area contributed by atoms with Gasteiger partial charge in [0.2, 0.25) is 15.9 Å². The van der Waals surface area contributed by atoms with Crippen molar-refractivity contribution >= 4 is 21.7 Å². The standard InChI is InChI=1S/C32H32N2O5S/c1-32(2,3)25-16-23(27-11-8-14-33-30(27)38-20-21-9-6-5-7-10-21)15-24(17-25)29-18-22-12-13-26(34-40(4,36)37)19-28(22)31(35)39-29/h5-17,19,29,34H,18,20H2,1-4H3. The van der Waals surface area contributed by atoms with Crippen molar-refractivity contribution in [2.75, 3.05) is 11.0 Å². The quantitative estimate of drug-likeness (QED) is 0.263. The predicted molar refractivity (Wildman–Crippen MR) is 156 cm³/mol. The molecule has 0 saturated heterocycles. The van der Waals surface area contributed by atoms with Gasteiger partial charge in [-0.05, 0) is 63.6 Å². The summed E-state index contributed by atoms with van der Waals surface area (Å²) in [7, 11) is -3.47. The highest BCUT2D eigenvalue weighted by Gasteiger charge is 2.30. The maximum atomic E-state index is 13.1. The average molecular weight is 557 g/mol. The summed E-state index contributed by atoms with van der Waals surface area (Å²) in [5.74, 6) is 0.0413. The number of aromatic nitrogens is 1. The number of sulfonamides is 1. The first-order valence-corrected chi connectivity index (χ1v) is 14.9. The minimum Gasteiger partial charge on any atom is -0.472 e. The largest absolute Gasteiger partial charge is 0.472 e. The molecule has 0 radical (unpaired) electrons. The van der Waals surface area contributed by atoms with Gasteiger partial charge in [0.1, 0.15) is 12.7 Å². The number of esters is 1. The molecule has 1 aliphatic heterocycles. The second-order valence-electron chi connectivity index (χ2n) is 11.1. The molecule has 4 aromatic rings. The smallest absolute Gasteiger partial charge is 0.339 e. The molecular formula is C32H32N2O5S. The van der Waals surface area contributed by atoms with Gasteiger partial charge in [-0.25, -0.2) is 18.2 Å². The minimum atomic E-state index is -3.47. The van der Waals surface area contributed by atoms with E-state index in [0.29, 0.717) is 30.2 Å². The number of rotatable bonds is 7. The third-order valence-electron chi connectivity index (χ3n) is 6.78. The molecule has 206 valence electrons. The fourth-order valence-corrected chi connectivity index (χ4v) is 5.27. The summed E-state index contributed by atoms with van der Waals surface area (Å²) in [6.45, 7) is 6.82. The number of benzene rings is 3. The molecule has 1 aromatic heterocycles. The van der Waals surface area contributed by atoms with Crippen LogP contribution in [0, 0.1) is 0 Å². The molecular weight excluding hydrogens is 524 g/mol. The fourth-order valence-electron chi connectivity index (χ4n) is 4.72. The minimum absolute atomic E-state index is 0.166. The summed E-state index contributed by atoms with van der Waals surface area (Å²) in [4.78, 5) is 17.6. The Hall–Kier alpha value is -4.17. The maximum absolute atomic E-state index is 13.1. The van der Waals surface area contributed by atoms with Gasteiger partial charge >= 0.3 is 5.97 Å². The van der Waals surface area contributed by atoms with E-state index in [9.17, 15) is 13.2 Å². The highest BCUT2D eigenvalue weighted by Crippen LogP contribution is 2.38. The van der Waals surface area contributed by atoms with Crippen molar-refractivity contribution in [3.05, 3.63) is 113 Å². The van der Waals surface area contributed by atoms with E-state index in [1.807, 2.05) is 48.5 Å².